The monoisotopic (exact) mass is 397 g/mol. The molecular formula is C24H23N5O. The average molecular weight is 397 g/mol. The molecule has 0 aliphatic rings. The van der Waals surface area contributed by atoms with Crippen molar-refractivity contribution in [2.75, 3.05) is 14.1 Å². The maximum atomic E-state index is 12.1. The smallest absolute Gasteiger partial charge is 0.254 e. The Kier molecular flexibility index (Phi) is 5.39. The molecule has 0 saturated heterocycles. The molecule has 6 nitrogen and oxygen atoms in total. The summed E-state index contributed by atoms with van der Waals surface area (Å²) in [6.07, 6.45) is 5.39. The lowest BCUT2D eigenvalue weighted by Gasteiger charge is -2.10. The van der Waals surface area contributed by atoms with Crippen LogP contribution >= 0.6 is 0 Å². The van der Waals surface area contributed by atoms with Crippen LogP contribution in [0.3, 0.4) is 0 Å². The van der Waals surface area contributed by atoms with E-state index in [-0.39, 0.29) is 5.91 Å². The fraction of sp³-hybridized carbons (Fsp3) is 0.167. The summed E-state index contributed by atoms with van der Waals surface area (Å²) in [7, 11) is 3.46. The molecule has 0 aliphatic heterocycles. The van der Waals surface area contributed by atoms with Gasteiger partial charge in [-0.05, 0) is 42.8 Å². The highest BCUT2D eigenvalue weighted by Crippen LogP contribution is 2.24. The number of aromatic nitrogens is 4. The summed E-state index contributed by atoms with van der Waals surface area (Å²) in [4.78, 5) is 22.5. The molecule has 150 valence electrons. The third kappa shape index (κ3) is 4.12. The van der Waals surface area contributed by atoms with Gasteiger partial charge < -0.3 is 4.90 Å². The van der Waals surface area contributed by atoms with Gasteiger partial charge in [0.2, 0.25) is 0 Å². The predicted molar refractivity (Wildman–Crippen MR) is 117 cm³/mol. The van der Waals surface area contributed by atoms with E-state index in [0.717, 1.165) is 33.8 Å². The lowest BCUT2D eigenvalue weighted by Crippen LogP contribution is -2.21. The second kappa shape index (κ2) is 8.29. The van der Waals surface area contributed by atoms with Gasteiger partial charge >= 0.3 is 0 Å². The van der Waals surface area contributed by atoms with Gasteiger partial charge in [0.05, 0.1) is 29.2 Å². The van der Waals surface area contributed by atoms with Crippen LogP contribution in [0.15, 0.2) is 73.2 Å². The molecule has 0 radical (unpaired) electrons. The first kappa shape index (κ1) is 19.5. The Hall–Kier alpha value is -3.80. The minimum absolute atomic E-state index is 0.0588. The average Bonchev–Trinajstić information content (AvgIpc) is 3.24. The van der Waals surface area contributed by atoms with Gasteiger partial charge in [0.25, 0.3) is 5.91 Å². The molecule has 3 heterocycles. The third-order valence-corrected chi connectivity index (χ3v) is 4.94. The topological polar surface area (TPSA) is 63.9 Å². The van der Waals surface area contributed by atoms with Crippen molar-refractivity contribution in [2.45, 2.75) is 13.5 Å². The minimum atomic E-state index is -0.0588. The van der Waals surface area contributed by atoms with Gasteiger partial charge in [0, 0.05) is 43.8 Å². The highest BCUT2D eigenvalue weighted by atomic mass is 16.2. The molecule has 0 bridgehead atoms. The fourth-order valence-corrected chi connectivity index (χ4v) is 3.23. The van der Waals surface area contributed by atoms with Crippen molar-refractivity contribution in [1.82, 2.24) is 24.6 Å². The molecule has 3 aromatic heterocycles. The van der Waals surface area contributed by atoms with Crippen molar-refractivity contribution in [3.8, 4) is 22.5 Å². The number of pyridine rings is 2. The third-order valence-electron chi connectivity index (χ3n) is 4.94. The predicted octanol–water partition coefficient (Wildman–Crippen LogP) is 4.07. The van der Waals surface area contributed by atoms with E-state index in [2.05, 4.69) is 29.0 Å². The van der Waals surface area contributed by atoms with Crippen LogP contribution in [0.2, 0.25) is 0 Å². The van der Waals surface area contributed by atoms with E-state index in [1.54, 1.807) is 37.5 Å². The molecule has 0 saturated carbocycles. The number of hydrogen-bond acceptors (Lipinski definition) is 4. The first-order valence-corrected chi connectivity index (χ1v) is 9.74. The number of rotatable bonds is 5. The van der Waals surface area contributed by atoms with E-state index in [0.29, 0.717) is 12.1 Å². The Bertz CT molecular complexity index is 1180. The highest BCUT2D eigenvalue weighted by molar-refractivity contribution is 5.93. The van der Waals surface area contributed by atoms with Gasteiger partial charge in [-0.3, -0.25) is 19.4 Å². The fourth-order valence-electron chi connectivity index (χ4n) is 3.23. The summed E-state index contributed by atoms with van der Waals surface area (Å²) in [5.74, 6) is -0.0588. The van der Waals surface area contributed by atoms with Crippen molar-refractivity contribution in [3.05, 3.63) is 90.0 Å². The summed E-state index contributed by atoms with van der Waals surface area (Å²) >= 11 is 0. The van der Waals surface area contributed by atoms with Crippen molar-refractivity contribution < 1.29 is 4.79 Å². The molecule has 30 heavy (non-hydrogen) atoms. The van der Waals surface area contributed by atoms with E-state index in [4.69, 9.17) is 5.10 Å². The lowest BCUT2D eigenvalue weighted by molar-refractivity contribution is 0.0827. The highest BCUT2D eigenvalue weighted by Gasteiger charge is 2.10. The number of carbonyl (C=O) groups is 1. The van der Waals surface area contributed by atoms with Crippen molar-refractivity contribution >= 4 is 5.91 Å². The van der Waals surface area contributed by atoms with E-state index in [1.807, 2.05) is 47.3 Å². The maximum absolute atomic E-state index is 12.1. The minimum Gasteiger partial charge on any atom is -0.345 e. The summed E-state index contributed by atoms with van der Waals surface area (Å²) in [5, 5.41) is 4.71. The molecule has 1 aromatic carbocycles. The van der Waals surface area contributed by atoms with Gasteiger partial charge in [-0.15, -0.1) is 0 Å². The summed E-state index contributed by atoms with van der Waals surface area (Å²) < 4.78 is 1.90. The second-order valence-corrected chi connectivity index (χ2v) is 7.38. The summed E-state index contributed by atoms with van der Waals surface area (Å²) in [6.45, 7) is 2.69. The number of carbonyl (C=O) groups excluding carboxylic acids is 1. The summed E-state index contributed by atoms with van der Waals surface area (Å²) in [5.41, 5.74) is 6.44. The van der Waals surface area contributed by atoms with Crippen molar-refractivity contribution in [2.24, 2.45) is 0 Å². The number of benzene rings is 1. The van der Waals surface area contributed by atoms with Crippen molar-refractivity contribution in [1.29, 1.82) is 0 Å². The zero-order valence-electron chi connectivity index (χ0n) is 17.3. The SMILES string of the molecule is Cc1cccnc1Cn1ccc(-c2cccc(-c3ccc(C(=O)N(C)C)cn3)c2)n1. The Morgan fingerprint density at radius 3 is 2.47 bits per heavy atom. The quantitative estimate of drug-likeness (QED) is 0.509. The van der Waals surface area contributed by atoms with Crippen LogP contribution in [0.25, 0.3) is 22.5 Å². The molecule has 0 fully saturated rings. The first-order valence-electron chi connectivity index (χ1n) is 9.74. The van der Waals surface area contributed by atoms with Crippen LogP contribution in [0, 0.1) is 6.92 Å². The number of hydrogen-bond donors (Lipinski definition) is 0. The first-order chi connectivity index (χ1) is 14.5. The van der Waals surface area contributed by atoms with Crippen LogP contribution in [0.5, 0.6) is 0 Å². The standard InChI is InChI=1S/C24H23N5O/c1-17-6-5-12-25-23(17)16-29-13-11-22(27-29)19-8-4-7-18(14-19)21-10-9-20(15-26-21)24(30)28(2)3/h4-15H,16H2,1-3H3. The molecule has 0 unspecified atom stereocenters. The Morgan fingerprint density at radius 1 is 0.967 bits per heavy atom. The van der Waals surface area contributed by atoms with Crippen LogP contribution in [0.4, 0.5) is 0 Å². The maximum Gasteiger partial charge on any atom is 0.254 e. The molecule has 6 heteroatoms. The molecule has 0 spiro atoms. The normalized spacial score (nSPS) is 10.8. The van der Waals surface area contributed by atoms with Crippen LogP contribution < -0.4 is 0 Å². The number of nitrogens with zero attached hydrogens (tertiary/aromatic N) is 5. The van der Waals surface area contributed by atoms with Crippen LogP contribution in [-0.2, 0) is 6.54 Å². The van der Waals surface area contributed by atoms with E-state index >= 15 is 0 Å². The van der Waals surface area contributed by atoms with Crippen LogP contribution in [0.1, 0.15) is 21.6 Å². The van der Waals surface area contributed by atoms with Crippen molar-refractivity contribution in [3.63, 3.8) is 0 Å². The van der Waals surface area contributed by atoms with Gasteiger partial charge in [-0.1, -0.05) is 24.3 Å². The number of amides is 1. The molecule has 0 atom stereocenters. The van der Waals surface area contributed by atoms with Gasteiger partial charge in [-0.25, -0.2) is 0 Å². The molecular weight excluding hydrogens is 374 g/mol. The zero-order chi connectivity index (χ0) is 21.1. The van der Waals surface area contributed by atoms with E-state index in [1.165, 1.54) is 0 Å². The molecule has 4 aromatic rings. The second-order valence-electron chi connectivity index (χ2n) is 7.38. The Morgan fingerprint density at radius 2 is 1.77 bits per heavy atom. The van der Waals surface area contributed by atoms with Gasteiger partial charge in [0.1, 0.15) is 0 Å². The molecule has 4 rings (SSSR count). The van der Waals surface area contributed by atoms with Gasteiger partial charge in [-0.2, -0.15) is 5.10 Å². The number of aryl methyl sites for hydroxylation is 1. The lowest BCUT2D eigenvalue weighted by atomic mass is 10.1. The largest absolute Gasteiger partial charge is 0.345 e. The zero-order valence-corrected chi connectivity index (χ0v) is 17.3. The van der Waals surface area contributed by atoms with E-state index in [9.17, 15) is 4.79 Å². The Labute approximate surface area is 175 Å². The Balaban J connectivity index is 1.56. The molecule has 0 aliphatic carbocycles. The molecule has 0 N–H and O–H groups in total. The van der Waals surface area contributed by atoms with Gasteiger partial charge in [0.15, 0.2) is 0 Å². The van der Waals surface area contributed by atoms with E-state index < -0.39 is 0 Å². The molecule has 1 amide bonds. The van der Waals surface area contributed by atoms with Crippen LogP contribution in [-0.4, -0.2) is 44.7 Å². The summed E-state index contributed by atoms with van der Waals surface area (Å²) in [6, 6.07) is 17.8.